The number of aromatic nitrogens is 1. The van der Waals surface area contributed by atoms with Gasteiger partial charge in [-0.3, -0.25) is 9.36 Å². The number of allylic oxidation sites excluding steroid dienone is 2. The monoisotopic (exact) mass is 226 g/mol. The van der Waals surface area contributed by atoms with Crippen molar-refractivity contribution in [2.24, 2.45) is 0 Å². The lowest BCUT2D eigenvalue weighted by Gasteiger charge is -2.17. The lowest BCUT2D eigenvalue weighted by atomic mass is 10.1. The van der Waals surface area contributed by atoms with Crippen LogP contribution in [0.3, 0.4) is 0 Å². The van der Waals surface area contributed by atoms with Crippen LogP contribution in [0.5, 0.6) is 0 Å². The zero-order valence-corrected chi connectivity index (χ0v) is 9.47. The molecule has 0 saturated carbocycles. The molecular weight excluding hydrogens is 212 g/mol. The molecule has 2 aromatic rings. The van der Waals surface area contributed by atoms with Crippen molar-refractivity contribution in [3.05, 3.63) is 52.8 Å². The predicted octanol–water partition coefficient (Wildman–Crippen LogP) is 2.47. The fourth-order valence-electron chi connectivity index (χ4n) is 2.48. The lowest BCUT2D eigenvalue weighted by Crippen LogP contribution is -2.26. The lowest BCUT2D eigenvalue weighted by molar-refractivity contribution is 0.529. The molecule has 17 heavy (non-hydrogen) atoms. The van der Waals surface area contributed by atoms with Crippen molar-refractivity contribution in [1.29, 1.82) is 0 Å². The van der Waals surface area contributed by atoms with Crippen molar-refractivity contribution in [3.8, 4) is 0 Å². The predicted molar refractivity (Wildman–Crippen MR) is 70.0 cm³/mol. The summed E-state index contributed by atoms with van der Waals surface area (Å²) >= 11 is 0. The zero-order chi connectivity index (χ0) is 11.8. The summed E-state index contributed by atoms with van der Waals surface area (Å²) in [5, 5.41) is 1.66. The Balaban J connectivity index is 2.28. The van der Waals surface area contributed by atoms with Crippen molar-refractivity contribution in [1.82, 2.24) is 4.57 Å². The summed E-state index contributed by atoms with van der Waals surface area (Å²) in [5.41, 5.74) is 6.02. The third kappa shape index (κ3) is 1.55. The zero-order valence-electron chi connectivity index (χ0n) is 9.47. The van der Waals surface area contributed by atoms with E-state index >= 15 is 0 Å². The van der Waals surface area contributed by atoms with Gasteiger partial charge in [0.15, 0.2) is 0 Å². The number of hydrogen-bond acceptors (Lipinski definition) is 2. The second kappa shape index (κ2) is 3.77. The second-order valence-corrected chi connectivity index (χ2v) is 4.43. The summed E-state index contributed by atoms with van der Waals surface area (Å²) in [6, 6.07) is 9.65. The first kappa shape index (κ1) is 10.1. The van der Waals surface area contributed by atoms with E-state index in [0.29, 0.717) is 5.82 Å². The molecule has 3 heteroatoms. The van der Waals surface area contributed by atoms with Crippen molar-refractivity contribution in [2.75, 3.05) is 5.73 Å². The molecule has 1 aliphatic rings. The molecule has 0 radical (unpaired) electrons. The molecule has 1 aromatic heterocycles. The number of benzene rings is 1. The molecule has 1 aromatic carbocycles. The highest BCUT2D eigenvalue weighted by atomic mass is 16.1. The third-order valence-corrected chi connectivity index (χ3v) is 3.34. The smallest absolute Gasteiger partial charge is 0.260 e. The fourth-order valence-corrected chi connectivity index (χ4v) is 2.48. The van der Waals surface area contributed by atoms with Crippen LogP contribution in [-0.2, 0) is 0 Å². The average molecular weight is 226 g/mol. The Hall–Kier alpha value is -2.03. The Labute approximate surface area is 99.2 Å². The van der Waals surface area contributed by atoms with Crippen LogP contribution in [-0.4, -0.2) is 4.57 Å². The van der Waals surface area contributed by atoms with Crippen LogP contribution in [0.2, 0.25) is 0 Å². The highest BCUT2D eigenvalue weighted by molar-refractivity contribution is 5.83. The molecular formula is C14H14N2O. The van der Waals surface area contributed by atoms with Gasteiger partial charge in [-0.2, -0.15) is 0 Å². The first-order valence-corrected chi connectivity index (χ1v) is 5.82. The normalized spacial score (nSPS) is 15.8. The van der Waals surface area contributed by atoms with E-state index in [1.165, 1.54) is 0 Å². The van der Waals surface area contributed by atoms with Crippen molar-refractivity contribution in [3.63, 3.8) is 0 Å². The molecule has 3 rings (SSSR count). The van der Waals surface area contributed by atoms with Gasteiger partial charge in [0.25, 0.3) is 5.56 Å². The standard InChI is InChI=1S/C14H14N2O/c15-13-9-10-5-1-4-8-12(10)14(17)16(13)11-6-2-3-7-11/h1-5,8-9,11H,6-7,15H2. The quantitative estimate of drug-likeness (QED) is 0.759. The molecule has 0 atom stereocenters. The van der Waals surface area contributed by atoms with Crippen LogP contribution >= 0.6 is 0 Å². The number of hydrogen-bond donors (Lipinski definition) is 1. The molecule has 86 valence electrons. The summed E-state index contributed by atoms with van der Waals surface area (Å²) in [7, 11) is 0. The molecule has 0 unspecified atom stereocenters. The number of nitrogens with zero attached hydrogens (tertiary/aromatic N) is 1. The highest BCUT2D eigenvalue weighted by Crippen LogP contribution is 2.26. The van der Waals surface area contributed by atoms with E-state index in [-0.39, 0.29) is 11.6 Å². The van der Waals surface area contributed by atoms with Crippen molar-refractivity contribution in [2.45, 2.75) is 18.9 Å². The van der Waals surface area contributed by atoms with Gasteiger partial charge in [-0.05, 0) is 30.4 Å². The fraction of sp³-hybridized carbons (Fsp3) is 0.214. The van der Waals surface area contributed by atoms with Crippen LogP contribution in [0, 0.1) is 0 Å². The summed E-state index contributed by atoms with van der Waals surface area (Å²) in [6.45, 7) is 0. The summed E-state index contributed by atoms with van der Waals surface area (Å²) in [5.74, 6) is 0.558. The van der Waals surface area contributed by atoms with Gasteiger partial charge in [0, 0.05) is 11.4 Å². The maximum absolute atomic E-state index is 12.4. The molecule has 2 N–H and O–H groups in total. The minimum Gasteiger partial charge on any atom is -0.385 e. The van der Waals surface area contributed by atoms with Crippen LogP contribution in [0.1, 0.15) is 18.9 Å². The number of nitrogens with two attached hydrogens (primary N) is 1. The number of nitrogen functional groups attached to an aromatic ring is 1. The molecule has 0 spiro atoms. The van der Waals surface area contributed by atoms with Crippen LogP contribution in [0.4, 0.5) is 5.82 Å². The Bertz CT molecular complexity index is 647. The Morgan fingerprint density at radius 3 is 2.65 bits per heavy atom. The number of fused-ring (bicyclic) bond motifs is 1. The van der Waals surface area contributed by atoms with Crippen molar-refractivity contribution < 1.29 is 0 Å². The SMILES string of the molecule is Nc1cc2ccccc2c(=O)n1C1CC=CC1. The Kier molecular flexibility index (Phi) is 2.25. The Morgan fingerprint density at radius 1 is 1.18 bits per heavy atom. The van der Waals surface area contributed by atoms with Crippen molar-refractivity contribution >= 4 is 16.6 Å². The van der Waals surface area contributed by atoms with Crippen LogP contribution < -0.4 is 11.3 Å². The second-order valence-electron chi connectivity index (χ2n) is 4.43. The van der Waals surface area contributed by atoms with Gasteiger partial charge in [-0.25, -0.2) is 0 Å². The molecule has 1 heterocycles. The van der Waals surface area contributed by atoms with Gasteiger partial charge < -0.3 is 5.73 Å². The molecule has 0 fully saturated rings. The summed E-state index contributed by atoms with van der Waals surface area (Å²) < 4.78 is 1.72. The number of anilines is 1. The van der Waals surface area contributed by atoms with E-state index in [1.807, 2.05) is 30.3 Å². The number of rotatable bonds is 1. The summed E-state index contributed by atoms with van der Waals surface area (Å²) in [4.78, 5) is 12.4. The van der Waals surface area contributed by atoms with Gasteiger partial charge in [-0.15, -0.1) is 0 Å². The van der Waals surface area contributed by atoms with E-state index in [0.717, 1.165) is 23.6 Å². The van der Waals surface area contributed by atoms with Gasteiger partial charge in [0.05, 0.1) is 0 Å². The van der Waals surface area contributed by atoms with Crippen LogP contribution in [0.25, 0.3) is 10.8 Å². The third-order valence-electron chi connectivity index (χ3n) is 3.34. The number of pyridine rings is 1. The Morgan fingerprint density at radius 2 is 1.88 bits per heavy atom. The maximum atomic E-state index is 12.4. The van der Waals surface area contributed by atoms with E-state index in [1.54, 1.807) is 4.57 Å². The van der Waals surface area contributed by atoms with E-state index < -0.39 is 0 Å². The van der Waals surface area contributed by atoms with Gasteiger partial charge in [0.1, 0.15) is 5.82 Å². The first-order valence-electron chi connectivity index (χ1n) is 5.82. The van der Waals surface area contributed by atoms with Gasteiger partial charge in [-0.1, -0.05) is 30.4 Å². The van der Waals surface area contributed by atoms with E-state index in [2.05, 4.69) is 12.2 Å². The molecule has 0 amide bonds. The average Bonchev–Trinajstić information content (AvgIpc) is 2.83. The minimum atomic E-state index is 0.0225. The molecule has 0 saturated heterocycles. The molecule has 3 nitrogen and oxygen atoms in total. The molecule has 0 bridgehead atoms. The largest absolute Gasteiger partial charge is 0.385 e. The molecule has 1 aliphatic carbocycles. The van der Waals surface area contributed by atoms with Gasteiger partial charge >= 0.3 is 0 Å². The highest BCUT2D eigenvalue weighted by Gasteiger charge is 2.17. The minimum absolute atomic E-state index is 0.0225. The molecule has 0 aliphatic heterocycles. The van der Waals surface area contributed by atoms with E-state index in [9.17, 15) is 4.79 Å². The maximum Gasteiger partial charge on any atom is 0.260 e. The van der Waals surface area contributed by atoms with Crippen LogP contribution in [0.15, 0.2) is 47.3 Å². The topological polar surface area (TPSA) is 48.0 Å². The first-order chi connectivity index (χ1) is 8.27. The summed E-state index contributed by atoms with van der Waals surface area (Å²) in [6.07, 6.45) is 5.99. The van der Waals surface area contributed by atoms with E-state index in [4.69, 9.17) is 5.73 Å². The van der Waals surface area contributed by atoms with Gasteiger partial charge in [0.2, 0.25) is 0 Å².